The topological polar surface area (TPSA) is 238 Å². The van der Waals surface area contributed by atoms with Crippen molar-refractivity contribution in [3.63, 3.8) is 0 Å². The second-order valence-corrected chi connectivity index (χ2v) is 11.0. The molecule has 1 fully saturated rings. The number of aliphatic imine (C=N–C) groups is 1. The third kappa shape index (κ3) is 7.68. The predicted octanol–water partition coefficient (Wildman–Crippen LogP) is 1.13. The number of urea groups is 1. The molecule has 0 aliphatic carbocycles. The van der Waals surface area contributed by atoms with Crippen molar-refractivity contribution in [3.05, 3.63) is 71.1 Å². The molecule has 3 aliphatic heterocycles. The molecule has 2 unspecified atom stereocenters. The average molecular weight is 639 g/mol. The Labute approximate surface area is 263 Å². The highest BCUT2D eigenvalue weighted by Crippen LogP contribution is 2.31. The van der Waals surface area contributed by atoms with Gasteiger partial charge in [-0.2, -0.15) is 0 Å². The Hall–Kier alpha value is -5.16. The second kappa shape index (κ2) is 14.1. The number of piperidine rings is 1. The maximum Gasteiger partial charge on any atom is 0.317 e. The quantitative estimate of drug-likeness (QED) is 0.0947. The summed E-state index contributed by atoms with van der Waals surface area (Å²) in [6.45, 7) is 1.85. The van der Waals surface area contributed by atoms with Gasteiger partial charge in [-0.1, -0.05) is 52.4 Å². The van der Waals surface area contributed by atoms with Crippen molar-refractivity contribution < 1.29 is 14.3 Å². The summed E-state index contributed by atoms with van der Waals surface area (Å²) in [6.07, 6.45) is 0.871. The maximum absolute atomic E-state index is 13.2. The van der Waals surface area contributed by atoms with Gasteiger partial charge in [-0.15, -0.1) is 10.2 Å². The van der Waals surface area contributed by atoms with Crippen LogP contribution in [-0.2, 0) is 11.2 Å². The first-order valence-electron chi connectivity index (χ1n) is 14.2. The number of benzene rings is 2. The zero-order valence-corrected chi connectivity index (χ0v) is 25.0. The van der Waals surface area contributed by atoms with Crippen LogP contribution in [0.15, 0.2) is 91.2 Å². The Balaban J connectivity index is 1.09. The van der Waals surface area contributed by atoms with Crippen LogP contribution in [0.2, 0.25) is 0 Å². The second-order valence-electron chi connectivity index (χ2n) is 10.6. The van der Waals surface area contributed by atoms with Gasteiger partial charge in [0, 0.05) is 19.6 Å². The highest BCUT2D eigenvalue weighted by Gasteiger charge is 2.43. The molecule has 0 bridgehead atoms. The van der Waals surface area contributed by atoms with E-state index in [-0.39, 0.29) is 23.0 Å². The van der Waals surface area contributed by atoms with Crippen LogP contribution in [0.3, 0.4) is 0 Å². The monoisotopic (exact) mass is 638 g/mol. The molecule has 238 valence electrons. The summed E-state index contributed by atoms with van der Waals surface area (Å²) in [7, 11) is 0. The Morgan fingerprint density at radius 1 is 1.04 bits per heavy atom. The summed E-state index contributed by atoms with van der Waals surface area (Å²) in [6, 6.07) is 16.2. The van der Waals surface area contributed by atoms with Crippen LogP contribution in [0.5, 0.6) is 11.5 Å². The summed E-state index contributed by atoms with van der Waals surface area (Å²) in [4.78, 5) is 32.5. The van der Waals surface area contributed by atoms with E-state index in [1.807, 2.05) is 54.6 Å². The summed E-state index contributed by atoms with van der Waals surface area (Å²) < 4.78 is 5.83. The highest BCUT2D eigenvalue weighted by atomic mass is 35.5. The SMILES string of the molecule is NN=NC1=C(Cl)NC(C(=O)NC2=NC3(CCN(C(=O)NCCc4ccc(Oc5ccccc5)cc4)CC3)CN2N)C(N=NN)N1. The molecule has 2 atom stereocenters. The predicted molar refractivity (Wildman–Crippen MR) is 165 cm³/mol. The number of nitrogens with two attached hydrogens (primary N) is 3. The molecule has 2 aromatic carbocycles. The molecule has 2 aromatic rings. The molecule has 17 nitrogen and oxygen atoms in total. The number of para-hydroxylation sites is 1. The minimum absolute atomic E-state index is 0.000697. The van der Waals surface area contributed by atoms with E-state index in [4.69, 9.17) is 38.9 Å². The molecule has 0 aromatic heterocycles. The van der Waals surface area contributed by atoms with Crippen molar-refractivity contribution in [2.45, 2.75) is 37.0 Å². The number of nitrogens with one attached hydrogen (secondary N) is 4. The molecule has 3 heterocycles. The number of hydrogen-bond donors (Lipinski definition) is 7. The number of ether oxygens (including phenoxy) is 1. The number of carbonyl (C=O) groups excluding carboxylic acids is 2. The van der Waals surface area contributed by atoms with Crippen LogP contribution < -0.4 is 43.5 Å². The van der Waals surface area contributed by atoms with Crippen LogP contribution in [0, 0.1) is 0 Å². The minimum Gasteiger partial charge on any atom is -0.457 e. The number of guanidine groups is 1. The zero-order valence-electron chi connectivity index (χ0n) is 24.3. The van der Waals surface area contributed by atoms with Crippen molar-refractivity contribution in [2.24, 2.45) is 43.2 Å². The van der Waals surface area contributed by atoms with Crippen LogP contribution in [0.4, 0.5) is 4.79 Å². The zero-order chi connectivity index (χ0) is 31.8. The Morgan fingerprint density at radius 2 is 1.76 bits per heavy atom. The molecule has 1 saturated heterocycles. The third-order valence-corrected chi connectivity index (χ3v) is 7.90. The summed E-state index contributed by atoms with van der Waals surface area (Å²) >= 11 is 6.17. The van der Waals surface area contributed by atoms with Crippen LogP contribution in [0.1, 0.15) is 18.4 Å². The number of likely N-dealkylation sites (tertiary alicyclic amines) is 1. The normalized spacial score (nSPS) is 21.1. The number of hydrazine groups is 1. The maximum atomic E-state index is 13.2. The molecule has 10 N–H and O–H groups in total. The van der Waals surface area contributed by atoms with Gasteiger partial charge in [0.25, 0.3) is 5.91 Å². The Bertz CT molecular complexity index is 1480. The molecular weight excluding hydrogens is 604 g/mol. The van der Waals surface area contributed by atoms with Gasteiger partial charge in [0.15, 0.2) is 12.0 Å². The fourth-order valence-corrected chi connectivity index (χ4v) is 5.46. The van der Waals surface area contributed by atoms with Crippen molar-refractivity contribution >= 4 is 29.5 Å². The van der Waals surface area contributed by atoms with E-state index in [9.17, 15) is 9.59 Å². The van der Waals surface area contributed by atoms with Gasteiger partial charge in [0.05, 0.1) is 12.1 Å². The van der Waals surface area contributed by atoms with Gasteiger partial charge in [0.1, 0.15) is 22.7 Å². The number of carbonyl (C=O) groups is 2. The molecule has 0 radical (unpaired) electrons. The van der Waals surface area contributed by atoms with Crippen molar-refractivity contribution in [1.82, 2.24) is 31.2 Å². The molecule has 1 spiro atoms. The number of nitrogens with zero attached hydrogens (tertiary/aromatic N) is 7. The Kier molecular flexibility index (Phi) is 9.79. The van der Waals surface area contributed by atoms with Gasteiger partial charge in [0.2, 0.25) is 5.96 Å². The van der Waals surface area contributed by atoms with Crippen molar-refractivity contribution in [1.29, 1.82) is 0 Å². The highest BCUT2D eigenvalue weighted by molar-refractivity contribution is 6.29. The van der Waals surface area contributed by atoms with E-state index >= 15 is 0 Å². The summed E-state index contributed by atoms with van der Waals surface area (Å²) in [5.41, 5.74) is 0.543. The summed E-state index contributed by atoms with van der Waals surface area (Å²) in [5.74, 6) is 17.8. The number of hydrogen-bond acceptors (Lipinski definition) is 12. The van der Waals surface area contributed by atoms with Gasteiger partial charge in [-0.3, -0.25) is 15.1 Å². The first-order valence-corrected chi connectivity index (χ1v) is 14.6. The van der Waals surface area contributed by atoms with Crippen LogP contribution >= 0.6 is 11.6 Å². The first kappa shape index (κ1) is 31.3. The fraction of sp³-hybridized carbons (Fsp3) is 0.370. The standard InChI is InChI=1S/C27H35ClN14O3/c28-21-23(38-40-30)34-22(37-39-29)20(33-21)24(43)35-25-36-27(16-42(25)31)11-14-41(15-12-27)26(44)32-13-10-17-6-8-19(9-7-17)45-18-4-2-1-3-5-18/h1-9,20,22,33-34H,10-16,31H2,(H2,29,37)(H2,30,38)(H,32,44)(H,35,36,43). The van der Waals surface area contributed by atoms with E-state index < -0.39 is 23.7 Å². The van der Waals surface area contributed by atoms with E-state index in [0.29, 0.717) is 45.4 Å². The number of halogens is 1. The van der Waals surface area contributed by atoms with Crippen LogP contribution in [-0.4, -0.2) is 71.7 Å². The summed E-state index contributed by atoms with van der Waals surface area (Å²) in [5, 5.41) is 26.6. The lowest BCUT2D eigenvalue weighted by molar-refractivity contribution is -0.122. The van der Waals surface area contributed by atoms with E-state index in [2.05, 4.69) is 41.9 Å². The smallest absolute Gasteiger partial charge is 0.317 e. The lowest BCUT2D eigenvalue weighted by Gasteiger charge is -2.37. The third-order valence-electron chi connectivity index (χ3n) is 7.61. The fourth-order valence-electron chi connectivity index (χ4n) is 5.25. The average Bonchev–Trinajstić information content (AvgIpc) is 3.33. The van der Waals surface area contributed by atoms with Gasteiger partial charge >= 0.3 is 6.03 Å². The van der Waals surface area contributed by atoms with Gasteiger partial charge < -0.3 is 37.3 Å². The van der Waals surface area contributed by atoms with Crippen molar-refractivity contribution in [2.75, 3.05) is 26.2 Å². The number of rotatable bonds is 8. The minimum atomic E-state index is -1.03. The van der Waals surface area contributed by atoms with Crippen LogP contribution in [0.25, 0.3) is 0 Å². The molecule has 18 heteroatoms. The molecule has 3 aliphatic rings. The van der Waals surface area contributed by atoms with Gasteiger partial charge in [-0.05, 0) is 49.1 Å². The molecular formula is C27H35ClN14O3. The van der Waals surface area contributed by atoms with E-state index in [0.717, 1.165) is 17.1 Å². The van der Waals surface area contributed by atoms with E-state index in [1.54, 1.807) is 4.90 Å². The molecule has 3 amide bonds. The lowest BCUT2D eigenvalue weighted by Crippen LogP contribution is -2.60. The largest absolute Gasteiger partial charge is 0.457 e. The molecule has 45 heavy (non-hydrogen) atoms. The molecule has 0 saturated carbocycles. The lowest BCUT2D eigenvalue weighted by atomic mass is 9.89. The molecule has 5 rings (SSSR count). The number of amides is 3. The first-order chi connectivity index (χ1) is 21.8. The van der Waals surface area contributed by atoms with E-state index in [1.165, 1.54) is 5.01 Å². The van der Waals surface area contributed by atoms with Crippen molar-refractivity contribution in [3.8, 4) is 11.5 Å². The van der Waals surface area contributed by atoms with Gasteiger partial charge in [-0.25, -0.2) is 15.6 Å². The Morgan fingerprint density at radius 3 is 2.44 bits per heavy atom.